The molecule has 2 aromatic rings. The highest BCUT2D eigenvalue weighted by atomic mass is 79.9. The van der Waals surface area contributed by atoms with E-state index in [9.17, 15) is 0 Å². The molecule has 0 radical (unpaired) electrons. The maximum Gasteiger partial charge on any atom is 0.161 e. The molecule has 0 atom stereocenters. The molecule has 110 valence electrons. The van der Waals surface area contributed by atoms with Crippen LogP contribution in [0.1, 0.15) is 31.0 Å². The second-order valence-corrected chi connectivity index (χ2v) is 6.94. The molecule has 1 heterocycles. The van der Waals surface area contributed by atoms with Gasteiger partial charge in [-0.05, 0) is 75.7 Å². The maximum absolute atomic E-state index is 4.78. The highest BCUT2D eigenvalue weighted by molar-refractivity contribution is 9.13. The van der Waals surface area contributed by atoms with Gasteiger partial charge in [0.1, 0.15) is 5.82 Å². The van der Waals surface area contributed by atoms with Gasteiger partial charge in [0.15, 0.2) is 5.82 Å². The predicted molar refractivity (Wildman–Crippen MR) is 93.7 cm³/mol. The molecular weight excluding hydrogens is 394 g/mol. The van der Waals surface area contributed by atoms with Crippen LogP contribution in [-0.2, 0) is 12.8 Å². The highest BCUT2D eigenvalue weighted by Gasteiger charge is 2.19. The average molecular weight is 411 g/mol. The van der Waals surface area contributed by atoms with Crippen molar-refractivity contribution in [2.45, 2.75) is 32.6 Å². The Morgan fingerprint density at radius 2 is 2.00 bits per heavy atom. The van der Waals surface area contributed by atoms with E-state index in [2.05, 4.69) is 56.2 Å². The summed E-state index contributed by atoms with van der Waals surface area (Å²) in [6, 6.07) is 6.13. The molecule has 1 N–H and O–H groups in total. The zero-order valence-electron chi connectivity index (χ0n) is 11.9. The van der Waals surface area contributed by atoms with Gasteiger partial charge in [0, 0.05) is 32.3 Å². The molecule has 0 unspecified atom stereocenters. The monoisotopic (exact) mass is 409 g/mol. The lowest BCUT2D eigenvalue weighted by molar-refractivity contribution is 0.899. The molecule has 0 spiro atoms. The zero-order chi connectivity index (χ0) is 14.8. The van der Waals surface area contributed by atoms with Crippen LogP contribution in [0.4, 0.5) is 5.82 Å². The van der Waals surface area contributed by atoms with Crippen molar-refractivity contribution >= 4 is 37.7 Å². The van der Waals surface area contributed by atoms with Gasteiger partial charge in [-0.25, -0.2) is 9.97 Å². The van der Waals surface area contributed by atoms with Crippen molar-refractivity contribution in [1.82, 2.24) is 9.97 Å². The van der Waals surface area contributed by atoms with E-state index >= 15 is 0 Å². The first-order chi connectivity index (χ1) is 10.2. The number of rotatable bonds is 4. The normalized spacial score (nSPS) is 13.3. The number of aromatic nitrogens is 2. The molecule has 5 heteroatoms. The van der Waals surface area contributed by atoms with Crippen molar-refractivity contribution < 1.29 is 0 Å². The Labute approximate surface area is 141 Å². The fourth-order valence-electron chi connectivity index (χ4n) is 2.59. The minimum Gasteiger partial charge on any atom is -0.370 e. The summed E-state index contributed by atoms with van der Waals surface area (Å²) in [5.41, 5.74) is 3.56. The number of hydrogen-bond donors (Lipinski definition) is 1. The second kappa shape index (κ2) is 6.44. The molecule has 3 rings (SSSR count). The van der Waals surface area contributed by atoms with E-state index < -0.39 is 0 Å². The summed E-state index contributed by atoms with van der Waals surface area (Å²) in [4.78, 5) is 9.54. The van der Waals surface area contributed by atoms with Gasteiger partial charge in [-0.2, -0.15) is 0 Å². The Morgan fingerprint density at radius 1 is 1.14 bits per heavy atom. The van der Waals surface area contributed by atoms with Crippen molar-refractivity contribution in [2.24, 2.45) is 0 Å². The van der Waals surface area contributed by atoms with Crippen LogP contribution in [0.3, 0.4) is 0 Å². The number of nitrogens with zero attached hydrogens (tertiary/aromatic N) is 2. The van der Waals surface area contributed by atoms with E-state index in [0.717, 1.165) is 52.0 Å². The maximum atomic E-state index is 4.78. The molecule has 21 heavy (non-hydrogen) atoms. The van der Waals surface area contributed by atoms with Crippen LogP contribution in [0.5, 0.6) is 0 Å². The van der Waals surface area contributed by atoms with E-state index in [1.54, 1.807) is 0 Å². The molecule has 3 nitrogen and oxygen atoms in total. The molecular formula is C16H17Br2N3. The third-order valence-corrected chi connectivity index (χ3v) is 5.53. The first-order valence-electron chi connectivity index (χ1n) is 7.28. The van der Waals surface area contributed by atoms with Crippen molar-refractivity contribution in [3.05, 3.63) is 38.4 Å². The molecule has 0 aliphatic heterocycles. The fraction of sp³-hybridized carbons (Fsp3) is 0.375. The lowest BCUT2D eigenvalue weighted by Gasteiger charge is -2.12. The van der Waals surface area contributed by atoms with Gasteiger partial charge < -0.3 is 5.32 Å². The molecule has 0 saturated heterocycles. The van der Waals surface area contributed by atoms with E-state index in [0.29, 0.717) is 0 Å². The minimum atomic E-state index is 0.808. The summed E-state index contributed by atoms with van der Waals surface area (Å²) < 4.78 is 2.06. The third-order valence-electron chi connectivity index (χ3n) is 3.65. The van der Waals surface area contributed by atoms with Crippen molar-refractivity contribution in [3.8, 4) is 11.4 Å². The van der Waals surface area contributed by atoms with Gasteiger partial charge in [0.05, 0.1) is 0 Å². The Kier molecular flexibility index (Phi) is 4.60. The number of nitrogens with one attached hydrogen (secondary N) is 1. The van der Waals surface area contributed by atoms with Crippen molar-refractivity contribution in [3.63, 3.8) is 0 Å². The largest absolute Gasteiger partial charge is 0.370 e. The minimum absolute atomic E-state index is 0.808. The smallest absolute Gasteiger partial charge is 0.161 e. The summed E-state index contributed by atoms with van der Waals surface area (Å²) in [6.07, 6.45) is 4.42. The zero-order valence-corrected chi connectivity index (χ0v) is 15.1. The number of halogens is 2. The van der Waals surface area contributed by atoms with Gasteiger partial charge in [-0.1, -0.05) is 6.92 Å². The van der Waals surface area contributed by atoms with Crippen LogP contribution >= 0.6 is 31.9 Å². The number of benzene rings is 1. The van der Waals surface area contributed by atoms with Gasteiger partial charge in [0.2, 0.25) is 0 Å². The highest BCUT2D eigenvalue weighted by Crippen LogP contribution is 2.32. The molecule has 1 aliphatic carbocycles. The van der Waals surface area contributed by atoms with Crippen molar-refractivity contribution in [1.29, 1.82) is 0 Å². The van der Waals surface area contributed by atoms with E-state index in [-0.39, 0.29) is 0 Å². The standard InChI is InChI=1S/C16H17Br2N3/c1-2-8-19-16-11-4-3-5-14(11)20-15(21-16)10-6-7-12(17)13(18)9-10/h6-7,9H,2-5,8H2,1H3,(H,19,20,21). The second-order valence-electron chi connectivity index (χ2n) is 5.23. The Balaban J connectivity index is 2.04. The van der Waals surface area contributed by atoms with Crippen LogP contribution < -0.4 is 5.32 Å². The summed E-state index contributed by atoms with van der Waals surface area (Å²) in [7, 11) is 0. The predicted octanol–water partition coefficient (Wildman–Crippen LogP) is 4.98. The molecule has 0 fully saturated rings. The first-order valence-corrected chi connectivity index (χ1v) is 8.86. The van der Waals surface area contributed by atoms with Crippen molar-refractivity contribution in [2.75, 3.05) is 11.9 Å². The van der Waals surface area contributed by atoms with Crippen LogP contribution in [0.15, 0.2) is 27.1 Å². The topological polar surface area (TPSA) is 37.8 Å². The Morgan fingerprint density at radius 3 is 2.76 bits per heavy atom. The SMILES string of the molecule is CCCNc1nc(-c2ccc(Br)c(Br)c2)nc2c1CCC2. The molecule has 1 aliphatic rings. The van der Waals surface area contributed by atoms with Gasteiger partial charge >= 0.3 is 0 Å². The van der Waals surface area contributed by atoms with Gasteiger partial charge in [-0.15, -0.1) is 0 Å². The van der Waals surface area contributed by atoms with Gasteiger partial charge in [-0.3, -0.25) is 0 Å². The quantitative estimate of drug-likeness (QED) is 0.772. The van der Waals surface area contributed by atoms with Crippen LogP contribution in [0.2, 0.25) is 0 Å². The number of anilines is 1. The van der Waals surface area contributed by atoms with E-state index in [1.165, 1.54) is 17.7 Å². The Hall–Kier alpha value is -0.940. The van der Waals surface area contributed by atoms with Crippen LogP contribution in [0, 0.1) is 0 Å². The summed E-state index contributed by atoms with van der Waals surface area (Å²) >= 11 is 7.05. The number of fused-ring (bicyclic) bond motifs is 1. The number of hydrogen-bond acceptors (Lipinski definition) is 3. The van der Waals surface area contributed by atoms with E-state index in [1.807, 2.05) is 6.07 Å². The first kappa shape index (κ1) is 15.0. The molecule has 0 saturated carbocycles. The summed E-state index contributed by atoms with van der Waals surface area (Å²) in [6.45, 7) is 3.12. The average Bonchev–Trinajstić information content (AvgIpc) is 2.96. The fourth-order valence-corrected chi connectivity index (χ4v) is 3.21. The molecule has 1 aromatic heterocycles. The summed E-state index contributed by atoms with van der Waals surface area (Å²) in [5, 5.41) is 3.46. The lowest BCUT2D eigenvalue weighted by atomic mass is 10.2. The van der Waals surface area contributed by atoms with Crippen LogP contribution in [0.25, 0.3) is 11.4 Å². The molecule has 0 bridgehead atoms. The number of aryl methyl sites for hydroxylation is 1. The third kappa shape index (κ3) is 3.14. The molecule has 0 amide bonds. The van der Waals surface area contributed by atoms with E-state index in [4.69, 9.17) is 9.97 Å². The Bertz CT molecular complexity index is 671. The molecule has 1 aromatic carbocycles. The van der Waals surface area contributed by atoms with Crippen LogP contribution in [-0.4, -0.2) is 16.5 Å². The van der Waals surface area contributed by atoms with Gasteiger partial charge in [0.25, 0.3) is 0 Å². The lowest BCUT2D eigenvalue weighted by Crippen LogP contribution is -2.08. The summed E-state index contributed by atoms with van der Waals surface area (Å²) in [5.74, 6) is 1.83.